The fraction of sp³-hybridized carbons (Fsp3) is 0.333. The Morgan fingerprint density at radius 3 is 3.05 bits per heavy atom. The third-order valence-corrected chi connectivity index (χ3v) is 3.63. The molecular weight excluding hydrogens is 270 g/mol. The molecule has 4 nitrogen and oxygen atoms in total. The SMILES string of the molecule is CCC(C)Oc1cccc(C=NNc2nc(C)cs2)c1. The van der Waals surface area contributed by atoms with Crippen LogP contribution in [-0.4, -0.2) is 17.3 Å². The molecule has 1 heterocycles. The number of hydrogen-bond acceptors (Lipinski definition) is 5. The van der Waals surface area contributed by atoms with E-state index in [1.54, 1.807) is 6.21 Å². The topological polar surface area (TPSA) is 46.5 Å². The summed E-state index contributed by atoms with van der Waals surface area (Å²) in [5.41, 5.74) is 4.91. The van der Waals surface area contributed by atoms with Crippen molar-refractivity contribution in [2.45, 2.75) is 33.3 Å². The van der Waals surface area contributed by atoms with Crippen molar-refractivity contribution >= 4 is 22.7 Å². The summed E-state index contributed by atoms with van der Waals surface area (Å²) in [4.78, 5) is 4.28. The number of anilines is 1. The lowest BCUT2D eigenvalue weighted by atomic mass is 10.2. The first-order chi connectivity index (χ1) is 9.67. The van der Waals surface area contributed by atoms with Gasteiger partial charge in [0.1, 0.15) is 5.75 Å². The first kappa shape index (κ1) is 14.5. The standard InChI is InChI=1S/C15H19N3OS/c1-4-12(3)19-14-7-5-6-13(8-14)9-16-18-15-17-11(2)10-20-15/h5-10,12H,4H2,1-3H3,(H,17,18). The van der Waals surface area contributed by atoms with Gasteiger partial charge in [0.25, 0.3) is 0 Å². The Bertz CT molecular complexity index is 580. The smallest absolute Gasteiger partial charge is 0.203 e. The maximum atomic E-state index is 5.78. The monoisotopic (exact) mass is 289 g/mol. The van der Waals surface area contributed by atoms with E-state index in [1.807, 2.05) is 36.6 Å². The second kappa shape index (κ2) is 7.05. The summed E-state index contributed by atoms with van der Waals surface area (Å²) in [5.74, 6) is 0.869. The molecule has 20 heavy (non-hydrogen) atoms. The first-order valence-corrected chi connectivity index (χ1v) is 7.53. The Kier molecular flexibility index (Phi) is 5.12. The van der Waals surface area contributed by atoms with E-state index in [4.69, 9.17) is 4.74 Å². The van der Waals surface area contributed by atoms with Crippen molar-refractivity contribution < 1.29 is 4.74 Å². The van der Waals surface area contributed by atoms with Gasteiger partial charge in [-0.15, -0.1) is 11.3 Å². The van der Waals surface area contributed by atoms with Gasteiger partial charge in [-0.2, -0.15) is 5.10 Å². The minimum atomic E-state index is 0.221. The van der Waals surface area contributed by atoms with Crippen molar-refractivity contribution in [1.82, 2.24) is 4.98 Å². The third-order valence-electron chi connectivity index (χ3n) is 2.76. The predicted molar refractivity (Wildman–Crippen MR) is 84.9 cm³/mol. The Morgan fingerprint density at radius 1 is 1.50 bits per heavy atom. The van der Waals surface area contributed by atoms with Crippen LogP contribution >= 0.6 is 11.3 Å². The van der Waals surface area contributed by atoms with Crippen molar-refractivity contribution in [2.75, 3.05) is 5.43 Å². The van der Waals surface area contributed by atoms with Gasteiger partial charge in [0, 0.05) is 5.38 Å². The van der Waals surface area contributed by atoms with E-state index in [0.717, 1.165) is 28.6 Å². The number of hydrogen-bond donors (Lipinski definition) is 1. The molecule has 0 aliphatic rings. The molecule has 5 heteroatoms. The lowest BCUT2D eigenvalue weighted by Gasteiger charge is -2.12. The number of ether oxygens (including phenoxy) is 1. The van der Waals surface area contributed by atoms with Crippen LogP contribution in [0, 0.1) is 6.92 Å². The zero-order chi connectivity index (χ0) is 14.4. The van der Waals surface area contributed by atoms with Gasteiger partial charge in [0.2, 0.25) is 5.13 Å². The van der Waals surface area contributed by atoms with Crippen LogP contribution in [0.5, 0.6) is 5.75 Å². The number of aromatic nitrogens is 1. The number of benzene rings is 1. The van der Waals surface area contributed by atoms with Crippen LogP contribution in [-0.2, 0) is 0 Å². The molecule has 0 spiro atoms. The molecule has 1 unspecified atom stereocenters. The normalized spacial score (nSPS) is 12.6. The summed E-state index contributed by atoms with van der Waals surface area (Å²) in [6.07, 6.45) is 2.97. The molecule has 0 amide bonds. The molecule has 106 valence electrons. The van der Waals surface area contributed by atoms with Crippen molar-refractivity contribution in [3.05, 3.63) is 40.9 Å². The molecular formula is C15H19N3OS. The van der Waals surface area contributed by atoms with E-state index in [-0.39, 0.29) is 6.10 Å². The van der Waals surface area contributed by atoms with E-state index in [0.29, 0.717) is 0 Å². The van der Waals surface area contributed by atoms with E-state index in [2.05, 4.69) is 29.4 Å². The van der Waals surface area contributed by atoms with Gasteiger partial charge in [-0.25, -0.2) is 4.98 Å². The molecule has 0 bridgehead atoms. The minimum Gasteiger partial charge on any atom is -0.491 e. The average molecular weight is 289 g/mol. The molecule has 0 fully saturated rings. The Labute approximate surface area is 123 Å². The Balaban J connectivity index is 1.96. The van der Waals surface area contributed by atoms with Gasteiger partial charge < -0.3 is 4.74 Å². The van der Waals surface area contributed by atoms with Gasteiger partial charge in [-0.1, -0.05) is 19.1 Å². The van der Waals surface area contributed by atoms with Crippen LogP contribution < -0.4 is 10.2 Å². The fourth-order valence-electron chi connectivity index (χ4n) is 1.55. The zero-order valence-electron chi connectivity index (χ0n) is 12.0. The van der Waals surface area contributed by atoms with Crippen LogP contribution in [0.15, 0.2) is 34.7 Å². The summed E-state index contributed by atoms with van der Waals surface area (Å²) in [7, 11) is 0. The van der Waals surface area contributed by atoms with E-state index in [9.17, 15) is 0 Å². The van der Waals surface area contributed by atoms with Crippen molar-refractivity contribution in [3.63, 3.8) is 0 Å². The summed E-state index contributed by atoms with van der Waals surface area (Å²) in [6, 6.07) is 7.89. The summed E-state index contributed by atoms with van der Waals surface area (Å²) in [5, 5.41) is 6.96. The van der Waals surface area contributed by atoms with Gasteiger partial charge in [0.05, 0.1) is 18.0 Å². The lowest BCUT2D eigenvalue weighted by Crippen LogP contribution is -2.09. The average Bonchev–Trinajstić information content (AvgIpc) is 2.85. The molecule has 2 rings (SSSR count). The van der Waals surface area contributed by atoms with Crippen molar-refractivity contribution in [1.29, 1.82) is 0 Å². The van der Waals surface area contributed by atoms with E-state index in [1.165, 1.54) is 11.3 Å². The number of nitrogens with zero attached hydrogens (tertiary/aromatic N) is 2. The second-order valence-corrected chi connectivity index (χ2v) is 5.43. The van der Waals surface area contributed by atoms with Gasteiger partial charge in [-0.05, 0) is 38.0 Å². The number of rotatable bonds is 6. The Morgan fingerprint density at radius 2 is 2.35 bits per heavy atom. The highest BCUT2D eigenvalue weighted by Gasteiger charge is 2.01. The molecule has 0 saturated heterocycles. The summed E-state index contributed by atoms with van der Waals surface area (Å²) >= 11 is 1.54. The molecule has 2 aromatic rings. The molecule has 1 aromatic heterocycles. The highest BCUT2D eigenvalue weighted by Crippen LogP contribution is 2.16. The molecule has 1 atom stereocenters. The number of hydrazone groups is 1. The summed E-state index contributed by atoms with van der Waals surface area (Å²) in [6.45, 7) is 6.13. The fourth-order valence-corrected chi connectivity index (χ4v) is 2.19. The lowest BCUT2D eigenvalue weighted by molar-refractivity contribution is 0.217. The maximum absolute atomic E-state index is 5.78. The van der Waals surface area contributed by atoms with Crippen LogP contribution in [0.3, 0.4) is 0 Å². The molecule has 0 aliphatic heterocycles. The number of thiazole rings is 1. The van der Waals surface area contributed by atoms with Gasteiger partial charge in [0.15, 0.2) is 0 Å². The van der Waals surface area contributed by atoms with Crippen LogP contribution in [0.4, 0.5) is 5.13 Å². The van der Waals surface area contributed by atoms with E-state index < -0.39 is 0 Å². The molecule has 0 saturated carbocycles. The molecule has 1 N–H and O–H groups in total. The summed E-state index contributed by atoms with van der Waals surface area (Å²) < 4.78 is 5.78. The van der Waals surface area contributed by atoms with Crippen LogP contribution in [0.25, 0.3) is 0 Å². The number of nitrogens with one attached hydrogen (secondary N) is 1. The predicted octanol–water partition coefficient (Wildman–Crippen LogP) is 4.07. The van der Waals surface area contributed by atoms with Crippen LogP contribution in [0.1, 0.15) is 31.5 Å². The number of aryl methyl sites for hydroxylation is 1. The highest BCUT2D eigenvalue weighted by atomic mass is 32.1. The Hall–Kier alpha value is -1.88. The van der Waals surface area contributed by atoms with Gasteiger partial charge in [-0.3, -0.25) is 5.43 Å². The highest BCUT2D eigenvalue weighted by molar-refractivity contribution is 7.13. The molecule has 0 aliphatic carbocycles. The third kappa shape index (κ3) is 4.35. The maximum Gasteiger partial charge on any atom is 0.203 e. The van der Waals surface area contributed by atoms with Crippen molar-refractivity contribution in [2.24, 2.45) is 5.10 Å². The largest absolute Gasteiger partial charge is 0.491 e. The first-order valence-electron chi connectivity index (χ1n) is 6.65. The van der Waals surface area contributed by atoms with Gasteiger partial charge >= 0.3 is 0 Å². The van der Waals surface area contributed by atoms with Crippen LogP contribution in [0.2, 0.25) is 0 Å². The van der Waals surface area contributed by atoms with Crippen molar-refractivity contribution in [3.8, 4) is 5.75 Å². The second-order valence-electron chi connectivity index (χ2n) is 4.57. The zero-order valence-corrected chi connectivity index (χ0v) is 12.8. The molecule has 1 aromatic carbocycles. The van der Waals surface area contributed by atoms with E-state index >= 15 is 0 Å². The minimum absolute atomic E-state index is 0.221. The molecule has 0 radical (unpaired) electrons. The quantitative estimate of drug-likeness (QED) is 0.644.